The normalized spacial score (nSPS) is 14.3. The summed E-state index contributed by atoms with van der Waals surface area (Å²) in [5, 5.41) is 8.81. The van der Waals surface area contributed by atoms with Gasteiger partial charge in [0.15, 0.2) is 5.96 Å². The van der Waals surface area contributed by atoms with Crippen LogP contribution in [0.5, 0.6) is 0 Å². The molecular formula is C18H26IN5S. The van der Waals surface area contributed by atoms with Gasteiger partial charge in [0.05, 0.1) is 0 Å². The molecule has 3 rings (SSSR count). The van der Waals surface area contributed by atoms with Gasteiger partial charge in [0.1, 0.15) is 5.82 Å². The highest BCUT2D eigenvalue weighted by Gasteiger charge is 2.12. The summed E-state index contributed by atoms with van der Waals surface area (Å²) >= 11 is 1.79. The number of pyridine rings is 1. The van der Waals surface area contributed by atoms with Gasteiger partial charge in [-0.25, -0.2) is 4.98 Å². The van der Waals surface area contributed by atoms with E-state index in [0.717, 1.165) is 44.4 Å². The first kappa shape index (κ1) is 20.0. The zero-order valence-electron chi connectivity index (χ0n) is 14.6. The molecule has 2 aromatic rings. The number of rotatable bonds is 6. The number of hydrogen-bond donors (Lipinski definition) is 2. The Balaban J connectivity index is 0.00000225. The van der Waals surface area contributed by atoms with Crippen molar-refractivity contribution in [3.63, 3.8) is 0 Å². The van der Waals surface area contributed by atoms with E-state index in [9.17, 15) is 0 Å². The van der Waals surface area contributed by atoms with Crippen LogP contribution in [0.3, 0.4) is 0 Å². The van der Waals surface area contributed by atoms with E-state index in [1.54, 1.807) is 18.4 Å². The van der Waals surface area contributed by atoms with Gasteiger partial charge in [-0.15, -0.1) is 35.3 Å². The molecule has 3 heterocycles. The van der Waals surface area contributed by atoms with Gasteiger partial charge >= 0.3 is 0 Å². The maximum absolute atomic E-state index is 4.59. The summed E-state index contributed by atoms with van der Waals surface area (Å²) < 4.78 is 0. The van der Waals surface area contributed by atoms with Gasteiger partial charge in [0, 0.05) is 44.3 Å². The van der Waals surface area contributed by atoms with Gasteiger partial charge in [0.25, 0.3) is 0 Å². The lowest BCUT2D eigenvalue weighted by atomic mass is 10.3. The molecule has 136 valence electrons. The van der Waals surface area contributed by atoms with Crippen LogP contribution < -0.4 is 15.5 Å². The van der Waals surface area contributed by atoms with Crippen LogP contribution in [0.25, 0.3) is 0 Å². The number of guanidine groups is 1. The molecule has 7 heteroatoms. The fraction of sp³-hybridized carbons (Fsp3) is 0.444. The van der Waals surface area contributed by atoms with Crippen molar-refractivity contribution >= 4 is 47.1 Å². The molecule has 2 N–H and O–H groups in total. The van der Waals surface area contributed by atoms with Gasteiger partial charge in [-0.05, 0) is 42.3 Å². The zero-order valence-corrected chi connectivity index (χ0v) is 17.7. The second-order valence-electron chi connectivity index (χ2n) is 5.90. The second-order valence-corrected chi connectivity index (χ2v) is 6.93. The molecule has 0 saturated carbocycles. The number of aliphatic imine (C=N–C) groups is 1. The molecule has 1 aliphatic heterocycles. The van der Waals surface area contributed by atoms with Gasteiger partial charge in [-0.2, -0.15) is 0 Å². The lowest BCUT2D eigenvalue weighted by molar-refractivity contribution is 0.796. The van der Waals surface area contributed by atoms with Gasteiger partial charge in [-0.3, -0.25) is 4.99 Å². The van der Waals surface area contributed by atoms with Crippen LogP contribution in [0.2, 0.25) is 0 Å². The maximum Gasteiger partial charge on any atom is 0.191 e. The van der Waals surface area contributed by atoms with Gasteiger partial charge in [-0.1, -0.05) is 12.1 Å². The minimum Gasteiger partial charge on any atom is -0.357 e. The van der Waals surface area contributed by atoms with Crippen molar-refractivity contribution in [3.8, 4) is 0 Å². The fourth-order valence-corrected chi connectivity index (χ4v) is 3.53. The Morgan fingerprint density at radius 3 is 2.72 bits per heavy atom. The highest BCUT2D eigenvalue weighted by Crippen LogP contribution is 2.17. The Bertz CT molecular complexity index is 636. The molecule has 1 fully saturated rings. The van der Waals surface area contributed by atoms with Crippen molar-refractivity contribution in [2.24, 2.45) is 4.99 Å². The van der Waals surface area contributed by atoms with Crippen LogP contribution in [-0.4, -0.2) is 37.6 Å². The minimum absolute atomic E-state index is 0. The number of halogens is 1. The highest BCUT2D eigenvalue weighted by molar-refractivity contribution is 14.0. The average molecular weight is 471 g/mol. The molecule has 0 amide bonds. The smallest absolute Gasteiger partial charge is 0.191 e. The van der Waals surface area contributed by atoms with Crippen molar-refractivity contribution < 1.29 is 0 Å². The highest BCUT2D eigenvalue weighted by atomic mass is 127. The maximum atomic E-state index is 4.59. The number of thiophene rings is 1. The first-order chi connectivity index (χ1) is 11.8. The Morgan fingerprint density at radius 2 is 2.08 bits per heavy atom. The summed E-state index contributed by atoms with van der Waals surface area (Å²) in [6.45, 7) is 3.87. The van der Waals surface area contributed by atoms with Gasteiger partial charge < -0.3 is 15.5 Å². The molecule has 0 aromatic carbocycles. The van der Waals surface area contributed by atoms with Crippen LogP contribution in [0, 0.1) is 0 Å². The summed E-state index contributed by atoms with van der Waals surface area (Å²) in [6.07, 6.45) is 5.53. The fourth-order valence-electron chi connectivity index (χ4n) is 2.82. The number of nitrogens with one attached hydrogen (secondary N) is 2. The first-order valence-corrected chi connectivity index (χ1v) is 9.40. The van der Waals surface area contributed by atoms with E-state index in [2.05, 4.69) is 55.2 Å². The molecule has 0 aliphatic carbocycles. The summed E-state index contributed by atoms with van der Waals surface area (Å²) in [6, 6.07) is 8.52. The summed E-state index contributed by atoms with van der Waals surface area (Å²) in [4.78, 5) is 12.6. The second kappa shape index (κ2) is 10.6. The van der Waals surface area contributed by atoms with Crippen LogP contribution in [0.15, 0.2) is 40.8 Å². The first-order valence-electron chi connectivity index (χ1n) is 8.52. The quantitative estimate of drug-likeness (QED) is 0.386. The van der Waals surface area contributed by atoms with E-state index in [1.165, 1.54) is 23.3 Å². The largest absolute Gasteiger partial charge is 0.357 e. The number of nitrogens with zero attached hydrogens (tertiary/aromatic N) is 3. The third-order valence-electron chi connectivity index (χ3n) is 4.17. The molecule has 1 aliphatic rings. The predicted octanol–water partition coefficient (Wildman–Crippen LogP) is 3.27. The molecule has 25 heavy (non-hydrogen) atoms. The molecule has 0 radical (unpaired) electrons. The van der Waals surface area contributed by atoms with Gasteiger partial charge in [0.2, 0.25) is 0 Å². The topological polar surface area (TPSA) is 52.6 Å². The Kier molecular flexibility index (Phi) is 8.47. The number of hydrogen-bond acceptors (Lipinski definition) is 4. The average Bonchev–Trinajstić information content (AvgIpc) is 3.32. The van der Waals surface area contributed by atoms with Crippen LogP contribution in [0.1, 0.15) is 23.3 Å². The SMILES string of the molecule is CN=C(NCCc1cccs1)NCc1ccc(N2CCCC2)nc1.I. The van der Waals surface area contributed by atoms with Crippen molar-refractivity contribution in [2.75, 3.05) is 31.6 Å². The van der Waals surface area contributed by atoms with Crippen molar-refractivity contribution in [1.82, 2.24) is 15.6 Å². The van der Waals surface area contributed by atoms with Crippen molar-refractivity contribution in [2.45, 2.75) is 25.8 Å². The Morgan fingerprint density at radius 1 is 1.24 bits per heavy atom. The van der Waals surface area contributed by atoms with Crippen LogP contribution >= 0.6 is 35.3 Å². The van der Waals surface area contributed by atoms with Crippen molar-refractivity contribution in [3.05, 3.63) is 46.3 Å². The van der Waals surface area contributed by atoms with E-state index in [1.807, 2.05) is 6.20 Å². The summed E-state index contributed by atoms with van der Waals surface area (Å²) in [5.41, 5.74) is 1.17. The summed E-state index contributed by atoms with van der Waals surface area (Å²) in [7, 11) is 1.80. The lowest BCUT2D eigenvalue weighted by Gasteiger charge is -2.16. The number of aromatic nitrogens is 1. The third-order valence-corrected chi connectivity index (χ3v) is 5.10. The van der Waals surface area contributed by atoms with Crippen molar-refractivity contribution in [1.29, 1.82) is 0 Å². The molecule has 5 nitrogen and oxygen atoms in total. The Labute approximate surface area is 171 Å². The van der Waals surface area contributed by atoms with E-state index in [-0.39, 0.29) is 24.0 Å². The third kappa shape index (κ3) is 6.14. The molecule has 0 unspecified atom stereocenters. The van der Waals surface area contributed by atoms with E-state index < -0.39 is 0 Å². The molecule has 0 atom stereocenters. The molecule has 1 saturated heterocycles. The van der Waals surface area contributed by atoms with Crippen LogP contribution in [-0.2, 0) is 13.0 Å². The Hall–Kier alpha value is -1.35. The van der Waals surface area contributed by atoms with E-state index in [4.69, 9.17) is 0 Å². The monoisotopic (exact) mass is 471 g/mol. The number of anilines is 1. The predicted molar refractivity (Wildman–Crippen MR) is 117 cm³/mol. The molecule has 0 bridgehead atoms. The van der Waals surface area contributed by atoms with E-state index >= 15 is 0 Å². The standard InChI is InChI=1S/C18H25N5S.HI/c1-19-18(20-9-8-16-5-4-12-24-16)22-14-15-6-7-17(21-13-15)23-10-2-3-11-23;/h4-7,12-13H,2-3,8-11,14H2,1H3,(H2,19,20,22);1H. The summed E-state index contributed by atoms with van der Waals surface area (Å²) in [5.74, 6) is 1.92. The minimum atomic E-state index is 0. The lowest BCUT2D eigenvalue weighted by Crippen LogP contribution is -2.37. The zero-order chi connectivity index (χ0) is 16.6. The molecule has 2 aromatic heterocycles. The molecule has 0 spiro atoms. The van der Waals surface area contributed by atoms with Crippen LogP contribution in [0.4, 0.5) is 5.82 Å². The molecular weight excluding hydrogens is 445 g/mol. The van der Waals surface area contributed by atoms with E-state index in [0.29, 0.717) is 0 Å².